The van der Waals surface area contributed by atoms with Crippen molar-refractivity contribution in [2.45, 2.75) is 31.8 Å². The number of hydrogen-bond donors (Lipinski definition) is 1. The summed E-state index contributed by atoms with van der Waals surface area (Å²) >= 11 is 0. The molecule has 1 aromatic heterocycles. The molecule has 0 radical (unpaired) electrons. The van der Waals surface area contributed by atoms with Crippen LogP contribution >= 0.6 is 24.0 Å². The first-order valence-electron chi connectivity index (χ1n) is 9.66. The van der Waals surface area contributed by atoms with Crippen molar-refractivity contribution >= 4 is 29.9 Å². The number of hydrogen-bond acceptors (Lipinski definition) is 4. The molecule has 2 heterocycles. The number of rotatable bonds is 5. The number of guanidine groups is 1. The van der Waals surface area contributed by atoms with Crippen LogP contribution in [0.1, 0.15) is 30.5 Å². The van der Waals surface area contributed by atoms with Gasteiger partial charge in [0.15, 0.2) is 5.96 Å². The van der Waals surface area contributed by atoms with Crippen molar-refractivity contribution in [2.24, 2.45) is 4.99 Å². The molecule has 2 aromatic rings. The van der Waals surface area contributed by atoms with E-state index in [0.29, 0.717) is 0 Å². The largest absolute Gasteiger partial charge is 0.364 e. The summed E-state index contributed by atoms with van der Waals surface area (Å²) in [6, 6.07) is 9.25. The minimum Gasteiger partial charge on any atom is -0.364 e. The molecule has 0 spiro atoms. The Morgan fingerprint density at radius 3 is 2.71 bits per heavy atom. The molecule has 28 heavy (non-hydrogen) atoms. The van der Waals surface area contributed by atoms with Crippen molar-refractivity contribution in [3.63, 3.8) is 0 Å². The molecule has 1 saturated heterocycles. The molecule has 8 heteroatoms. The Labute approximate surface area is 182 Å². The summed E-state index contributed by atoms with van der Waals surface area (Å²) < 4.78 is 18.9. The van der Waals surface area contributed by atoms with Gasteiger partial charge in [0, 0.05) is 57.3 Å². The van der Waals surface area contributed by atoms with Crippen LogP contribution < -0.4 is 5.32 Å². The molecular formula is C20H27FIN5O. The van der Waals surface area contributed by atoms with Crippen LogP contribution in [0.3, 0.4) is 0 Å². The van der Waals surface area contributed by atoms with Crippen LogP contribution in [-0.4, -0.2) is 59.7 Å². The second-order valence-corrected chi connectivity index (χ2v) is 7.17. The molecule has 2 atom stereocenters. The Balaban J connectivity index is 0.00000225. The van der Waals surface area contributed by atoms with Crippen molar-refractivity contribution in [1.82, 2.24) is 20.3 Å². The lowest BCUT2D eigenvalue weighted by atomic mass is 10.1. The second kappa shape index (κ2) is 9.69. The van der Waals surface area contributed by atoms with E-state index in [4.69, 9.17) is 4.52 Å². The Hall–Kier alpha value is -1.68. The summed E-state index contributed by atoms with van der Waals surface area (Å²) in [6.07, 6.45) is 2.57. The Morgan fingerprint density at radius 2 is 2.04 bits per heavy atom. The third-order valence-electron chi connectivity index (χ3n) is 5.27. The Morgan fingerprint density at radius 1 is 1.25 bits per heavy atom. The third-order valence-corrected chi connectivity index (χ3v) is 5.27. The van der Waals surface area contributed by atoms with Crippen LogP contribution in [0.25, 0.3) is 0 Å². The van der Waals surface area contributed by atoms with E-state index in [1.165, 1.54) is 0 Å². The molecule has 4 rings (SSSR count). The highest BCUT2D eigenvalue weighted by Gasteiger charge is 2.41. The monoisotopic (exact) mass is 499 g/mol. The van der Waals surface area contributed by atoms with Crippen LogP contribution in [-0.2, 0) is 6.54 Å². The van der Waals surface area contributed by atoms with Gasteiger partial charge in [0.2, 0.25) is 0 Å². The molecule has 2 fully saturated rings. The molecule has 0 bridgehead atoms. The zero-order valence-electron chi connectivity index (χ0n) is 16.1. The lowest BCUT2D eigenvalue weighted by Gasteiger charge is -2.36. The average molecular weight is 499 g/mol. The minimum atomic E-state index is -0.109. The van der Waals surface area contributed by atoms with Crippen LogP contribution in [0.5, 0.6) is 0 Å². The van der Waals surface area contributed by atoms with Gasteiger partial charge in [-0.05, 0) is 25.0 Å². The van der Waals surface area contributed by atoms with Crippen LogP contribution in [0.4, 0.5) is 4.39 Å². The van der Waals surface area contributed by atoms with Crippen molar-refractivity contribution in [2.75, 3.05) is 32.7 Å². The summed E-state index contributed by atoms with van der Waals surface area (Å²) in [6.45, 7) is 7.34. The lowest BCUT2D eigenvalue weighted by molar-refractivity contribution is 0.169. The maximum Gasteiger partial charge on any atom is 0.194 e. The first-order valence-corrected chi connectivity index (χ1v) is 9.66. The van der Waals surface area contributed by atoms with E-state index in [9.17, 15) is 4.39 Å². The maximum atomic E-state index is 14.0. The van der Waals surface area contributed by atoms with Gasteiger partial charge in [-0.3, -0.25) is 9.89 Å². The summed E-state index contributed by atoms with van der Waals surface area (Å²) in [5, 5.41) is 7.55. The zero-order chi connectivity index (χ0) is 18.6. The molecule has 6 nitrogen and oxygen atoms in total. The average Bonchev–Trinajstić information content (AvgIpc) is 3.24. The van der Waals surface area contributed by atoms with Crippen LogP contribution in [0.15, 0.2) is 46.1 Å². The molecule has 2 unspecified atom stereocenters. The van der Waals surface area contributed by atoms with E-state index in [1.54, 1.807) is 18.4 Å². The molecule has 152 valence electrons. The van der Waals surface area contributed by atoms with E-state index in [2.05, 4.69) is 25.3 Å². The van der Waals surface area contributed by atoms with Crippen molar-refractivity contribution in [3.8, 4) is 0 Å². The Bertz CT molecular complexity index is 777. The fraction of sp³-hybridized carbons (Fsp3) is 0.500. The molecule has 1 aliphatic heterocycles. The number of aromatic nitrogens is 1. The molecule has 1 N–H and O–H groups in total. The molecular weight excluding hydrogens is 472 g/mol. The molecule has 1 saturated carbocycles. The van der Waals surface area contributed by atoms with Gasteiger partial charge in [-0.1, -0.05) is 23.4 Å². The van der Waals surface area contributed by atoms with Gasteiger partial charge < -0.3 is 14.7 Å². The summed E-state index contributed by atoms with van der Waals surface area (Å²) in [7, 11) is 0. The van der Waals surface area contributed by atoms with Gasteiger partial charge in [-0.2, -0.15) is 0 Å². The third kappa shape index (κ3) is 5.02. The van der Waals surface area contributed by atoms with Gasteiger partial charge in [0.1, 0.15) is 12.1 Å². The molecule has 2 aliphatic rings. The highest BCUT2D eigenvalue weighted by molar-refractivity contribution is 14.0. The fourth-order valence-electron chi connectivity index (χ4n) is 3.69. The maximum absolute atomic E-state index is 14.0. The van der Waals surface area contributed by atoms with Gasteiger partial charge in [-0.25, -0.2) is 4.39 Å². The smallest absolute Gasteiger partial charge is 0.194 e. The standard InChI is InChI=1S/C20H26FN5O.HI/c1-2-22-20(23-19-13-17(19)16-5-3-4-6-18(16)21)26-10-8-25(9-11-26)14-15-7-12-27-24-15;/h3-7,12,17,19H,2,8-11,13-14H2,1H3,(H,22,23);1H. The van der Waals surface area contributed by atoms with Gasteiger partial charge in [0.25, 0.3) is 0 Å². The SMILES string of the molecule is CCN=C(NC1CC1c1ccccc1F)N1CCN(Cc2ccon2)CC1.I. The summed E-state index contributed by atoms with van der Waals surface area (Å²) in [5.41, 5.74) is 1.78. The van der Waals surface area contributed by atoms with E-state index in [1.807, 2.05) is 25.1 Å². The van der Waals surface area contributed by atoms with Crippen LogP contribution in [0, 0.1) is 5.82 Å². The quantitative estimate of drug-likeness (QED) is 0.390. The van der Waals surface area contributed by atoms with E-state index in [-0.39, 0.29) is 41.8 Å². The number of nitrogens with zero attached hydrogens (tertiary/aromatic N) is 4. The fourth-order valence-corrected chi connectivity index (χ4v) is 3.69. The van der Waals surface area contributed by atoms with Gasteiger partial charge in [-0.15, -0.1) is 24.0 Å². The lowest BCUT2D eigenvalue weighted by Crippen LogP contribution is -2.52. The first kappa shape index (κ1) is 21.0. The van der Waals surface area contributed by atoms with Gasteiger partial charge >= 0.3 is 0 Å². The predicted octanol–water partition coefficient (Wildman–Crippen LogP) is 3.07. The van der Waals surface area contributed by atoms with Gasteiger partial charge in [0.05, 0.1) is 5.69 Å². The van der Waals surface area contributed by atoms with E-state index >= 15 is 0 Å². The summed E-state index contributed by atoms with van der Waals surface area (Å²) in [5.74, 6) is 1.08. The number of benzene rings is 1. The summed E-state index contributed by atoms with van der Waals surface area (Å²) in [4.78, 5) is 9.35. The number of nitrogens with one attached hydrogen (secondary N) is 1. The first-order chi connectivity index (χ1) is 13.2. The molecule has 1 aliphatic carbocycles. The van der Waals surface area contributed by atoms with Crippen molar-refractivity contribution in [3.05, 3.63) is 53.7 Å². The zero-order valence-corrected chi connectivity index (χ0v) is 18.4. The highest BCUT2D eigenvalue weighted by Crippen LogP contribution is 2.41. The molecule has 1 aromatic carbocycles. The highest BCUT2D eigenvalue weighted by atomic mass is 127. The number of aliphatic imine (C=N–C) groups is 1. The van der Waals surface area contributed by atoms with Crippen LogP contribution in [0.2, 0.25) is 0 Å². The minimum absolute atomic E-state index is 0. The topological polar surface area (TPSA) is 56.9 Å². The van der Waals surface area contributed by atoms with E-state index in [0.717, 1.165) is 62.9 Å². The second-order valence-electron chi connectivity index (χ2n) is 7.17. The Kier molecular flexibility index (Phi) is 7.28. The van der Waals surface area contributed by atoms with Crippen molar-refractivity contribution < 1.29 is 8.91 Å². The molecule has 0 amide bonds. The predicted molar refractivity (Wildman–Crippen MR) is 117 cm³/mol. The van der Waals surface area contributed by atoms with E-state index < -0.39 is 0 Å². The normalized spacial score (nSPS) is 22.6. The van der Waals surface area contributed by atoms with Crippen molar-refractivity contribution in [1.29, 1.82) is 0 Å². The number of halogens is 2. The number of piperazine rings is 1.